The Balaban J connectivity index is 0.000000300. The number of aryl methyl sites for hydroxylation is 1. The number of para-hydroxylation sites is 1. The molecule has 4 nitrogen and oxygen atoms in total. The van der Waals surface area contributed by atoms with Crippen LogP contribution in [-0.2, 0) is 0 Å². The van der Waals surface area contributed by atoms with Crippen molar-refractivity contribution in [1.82, 2.24) is 14.9 Å². The van der Waals surface area contributed by atoms with Crippen LogP contribution in [0.4, 0.5) is 0 Å². The molecule has 0 atom stereocenters. The molecule has 1 aromatic heterocycles. The summed E-state index contributed by atoms with van der Waals surface area (Å²) in [5, 5.41) is 9.64. The van der Waals surface area contributed by atoms with Crippen molar-refractivity contribution >= 4 is 17.1 Å². The molecule has 0 spiro atoms. The molecule has 1 saturated heterocycles. The van der Waals surface area contributed by atoms with Crippen molar-refractivity contribution in [3.05, 3.63) is 35.7 Å². The summed E-state index contributed by atoms with van der Waals surface area (Å²) in [7, 11) is 2.17. The lowest BCUT2D eigenvalue weighted by molar-refractivity contribution is 0.418. The minimum Gasteiger partial charge on any atom is -0.506 e. The molecular formula is C20H31N3O. The van der Waals surface area contributed by atoms with Crippen molar-refractivity contribution in [1.29, 1.82) is 0 Å². The van der Waals surface area contributed by atoms with E-state index in [0.717, 1.165) is 23.3 Å². The Morgan fingerprint density at radius 2 is 1.83 bits per heavy atom. The molecule has 1 aromatic carbocycles. The summed E-state index contributed by atoms with van der Waals surface area (Å²) in [6.07, 6.45) is 7.81. The number of aromatic nitrogens is 2. The molecule has 1 N–H and O–H groups in total. The third-order valence-electron chi connectivity index (χ3n) is 3.73. The van der Waals surface area contributed by atoms with Gasteiger partial charge in [-0.05, 0) is 64.5 Å². The zero-order valence-corrected chi connectivity index (χ0v) is 15.7. The second kappa shape index (κ2) is 10.8. The molecule has 0 saturated carbocycles. The standard InChI is InChI=1S/C13H14N2O.C5H11N.C2H6/c1-3-4-6-10-9(2)14-13-11(15-10)7-5-8-12(13)16;1-6-4-2-3-5-6;1-2/h4-8,16H,3H2,1-2H3;2-5H2,1H3;1-2H3/b6-4+;;. The number of hydrogen-bond donors (Lipinski definition) is 1. The van der Waals surface area contributed by atoms with E-state index in [1.807, 2.05) is 39.0 Å². The molecule has 0 amide bonds. The van der Waals surface area contributed by atoms with E-state index in [1.54, 1.807) is 12.1 Å². The highest BCUT2D eigenvalue weighted by Crippen LogP contribution is 2.22. The Bertz CT molecular complexity index is 647. The van der Waals surface area contributed by atoms with E-state index in [2.05, 4.69) is 28.8 Å². The topological polar surface area (TPSA) is 49.3 Å². The number of nitrogens with zero attached hydrogens (tertiary/aromatic N) is 3. The highest BCUT2D eigenvalue weighted by atomic mass is 16.3. The summed E-state index contributed by atoms with van der Waals surface area (Å²) < 4.78 is 0. The van der Waals surface area contributed by atoms with Crippen LogP contribution in [0, 0.1) is 6.92 Å². The summed E-state index contributed by atoms with van der Waals surface area (Å²) >= 11 is 0. The molecule has 132 valence electrons. The van der Waals surface area contributed by atoms with Gasteiger partial charge in [-0.25, -0.2) is 9.97 Å². The zero-order valence-electron chi connectivity index (χ0n) is 15.7. The lowest BCUT2D eigenvalue weighted by atomic mass is 10.2. The maximum absolute atomic E-state index is 9.64. The van der Waals surface area contributed by atoms with E-state index in [-0.39, 0.29) is 5.75 Å². The van der Waals surface area contributed by atoms with Crippen LogP contribution in [0.15, 0.2) is 24.3 Å². The number of allylic oxidation sites excluding steroid dienone is 1. The van der Waals surface area contributed by atoms with Crippen LogP contribution in [0.2, 0.25) is 0 Å². The van der Waals surface area contributed by atoms with Gasteiger partial charge in [0.05, 0.1) is 16.9 Å². The first-order chi connectivity index (χ1) is 11.6. The Morgan fingerprint density at radius 1 is 1.17 bits per heavy atom. The molecular weight excluding hydrogens is 298 g/mol. The van der Waals surface area contributed by atoms with Gasteiger partial charge in [0.25, 0.3) is 0 Å². The normalized spacial score (nSPS) is 14.2. The summed E-state index contributed by atoms with van der Waals surface area (Å²) in [5.74, 6) is 0.180. The van der Waals surface area contributed by atoms with Gasteiger partial charge in [-0.3, -0.25) is 0 Å². The third kappa shape index (κ3) is 5.93. The lowest BCUT2D eigenvalue weighted by Crippen LogP contribution is -2.10. The first-order valence-electron chi connectivity index (χ1n) is 8.93. The molecule has 1 fully saturated rings. The Labute approximate surface area is 146 Å². The van der Waals surface area contributed by atoms with Crippen LogP contribution in [0.25, 0.3) is 17.1 Å². The minimum atomic E-state index is 0.180. The Hall–Kier alpha value is -1.94. The van der Waals surface area contributed by atoms with Gasteiger partial charge in [-0.2, -0.15) is 0 Å². The van der Waals surface area contributed by atoms with E-state index in [4.69, 9.17) is 0 Å². The molecule has 2 aromatic rings. The van der Waals surface area contributed by atoms with Crippen LogP contribution in [0.3, 0.4) is 0 Å². The van der Waals surface area contributed by atoms with Crippen LogP contribution < -0.4 is 0 Å². The number of aromatic hydroxyl groups is 1. The Kier molecular flexibility index (Phi) is 9.02. The largest absolute Gasteiger partial charge is 0.506 e. The van der Waals surface area contributed by atoms with E-state index in [1.165, 1.54) is 25.9 Å². The second-order valence-corrected chi connectivity index (χ2v) is 5.66. The van der Waals surface area contributed by atoms with Crippen molar-refractivity contribution in [2.75, 3.05) is 20.1 Å². The molecule has 3 rings (SSSR count). The predicted octanol–water partition coefficient (Wildman–Crippen LogP) is 4.81. The van der Waals surface area contributed by atoms with Crippen molar-refractivity contribution in [2.24, 2.45) is 0 Å². The average Bonchev–Trinajstić information content (AvgIpc) is 3.07. The molecule has 2 heterocycles. The minimum absolute atomic E-state index is 0.180. The Morgan fingerprint density at radius 3 is 2.38 bits per heavy atom. The van der Waals surface area contributed by atoms with Gasteiger partial charge in [-0.15, -0.1) is 0 Å². The lowest BCUT2D eigenvalue weighted by Gasteiger charge is -2.03. The van der Waals surface area contributed by atoms with Crippen LogP contribution in [-0.4, -0.2) is 40.1 Å². The van der Waals surface area contributed by atoms with E-state index >= 15 is 0 Å². The third-order valence-corrected chi connectivity index (χ3v) is 3.73. The summed E-state index contributed by atoms with van der Waals surface area (Å²) in [5.41, 5.74) is 2.98. The maximum Gasteiger partial charge on any atom is 0.143 e. The van der Waals surface area contributed by atoms with E-state index in [9.17, 15) is 5.11 Å². The SMILES string of the molecule is CC.CC/C=C/c1nc2cccc(O)c2nc1C.CN1CCCC1. The van der Waals surface area contributed by atoms with Gasteiger partial charge in [0, 0.05) is 0 Å². The maximum atomic E-state index is 9.64. The summed E-state index contributed by atoms with van der Waals surface area (Å²) in [6.45, 7) is 10.6. The van der Waals surface area contributed by atoms with Crippen LogP contribution in [0.1, 0.15) is 51.4 Å². The van der Waals surface area contributed by atoms with Gasteiger partial charge in [0.1, 0.15) is 11.3 Å². The van der Waals surface area contributed by atoms with Gasteiger partial charge < -0.3 is 10.0 Å². The van der Waals surface area contributed by atoms with E-state index in [0.29, 0.717) is 5.52 Å². The molecule has 1 aliphatic heterocycles. The highest BCUT2D eigenvalue weighted by Gasteiger charge is 2.05. The molecule has 1 aliphatic rings. The first kappa shape index (κ1) is 20.1. The zero-order chi connectivity index (χ0) is 17.9. The number of fused-ring (bicyclic) bond motifs is 1. The monoisotopic (exact) mass is 329 g/mol. The number of rotatable bonds is 2. The first-order valence-corrected chi connectivity index (χ1v) is 8.93. The van der Waals surface area contributed by atoms with Gasteiger partial charge in [-0.1, -0.05) is 32.9 Å². The van der Waals surface area contributed by atoms with Gasteiger partial charge in [0.2, 0.25) is 0 Å². The number of phenols is 1. The van der Waals surface area contributed by atoms with Crippen molar-refractivity contribution in [3.63, 3.8) is 0 Å². The van der Waals surface area contributed by atoms with Crippen molar-refractivity contribution in [2.45, 2.75) is 47.0 Å². The number of benzene rings is 1. The highest BCUT2D eigenvalue weighted by molar-refractivity contribution is 5.81. The summed E-state index contributed by atoms with van der Waals surface area (Å²) in [6, 6.07) is 5.25. The molecule has 0 aliphatic carbocycles. The predicted molar refractivity (Wildman–Crippen MR) is 103 cm³/mol. The van der Waals surface area contributed by atoms with Crippen LogP contribution >= 0.6 is 0 Å². The molecule has 0 radical (unpaired) electrons. The van der Waals surface area contributed by atoms with Crippen molar-refractivity contribution in [3.8, 4) is 5.75 Å². The second-order valence-electron chi connectivity index (χ2n) is 5.66. The fourth-order valence-electron chi connectivity index (χ4n) is 2.42. The number of hydrogen-bond acceptors (Lipinski definition) is 4. The molecule has 0 unspecified atom stereocenters. The number of likely N-dealkylation sites (tertiary alicyclic amines) is 1. The average molecular weight is 329 g/mol. The van der Waals surface area contributed by atoms with Gasteiger partial charge >= 0.3 is 0 Å². The fourth-order valence-corrected chi connectivity index (χ4v) is 2.42. The molecule has 24 heavy (non-hydrogen) atoms. The van der Waals surface area contributed by atoms with Crippen molar-refractivity contribution < 1.29 is 5.11 Å². The fraction of sp³-hybridized carbons (Fsp3) is 0.500. The van der Waals surface area contributed by atoms with E-state index < -0.39 is 0 Å². The smallest absolute Gasteiger partial charge is 0.143 e. The molecule has 4 heteroatoms. The van der Waals surface area contributed by atoms with Crippen LogP contribution in [0.5, 0.6) is 5.75 Å². The quantitative estimate of drug-likeness (QED) is 0.859. The van der Waals surface area contributed by atoms with Gasteiger partial charge in [0.15, 0.2) is 0 Å². The number of phenolic OH excluding ortho intramolecular Hbond substituents is 1. The molecule has 0 bridgehead atoms. The summed E-state index contributed by atoms with van der Waals surface area (Å²) in [4.78, 5) is 11.2.